The maximum atomic E-state index is 12.3. The molecular formula is C18H23NO3S. The van der Waals surface area contributed by atoms with Crippen molar-refractivity contribution in [3.63, 3.8) is 0 Å². The minimum atomic E-state index is -3.45. The Bertz CT molecular complexity index is 812. The van der Waals surface area contributed by atoms with Crippen molar-refractivity contribution in [1.82, 2.24) is 5.32 Å². The summed E-state index contributed by atoms with van der Waals surface area (Å²) in [6, 6.07) is 13.7. The van der Waals surface area contributed by atoms with Gasteiger partial charge in [0.15, 0.2) is 9.84 Å². The number of hydrogen-bond donors (Lipinski definition) is 1. The SMILES string of the molecule is CC(C)S(=O)(=O)[C@@H](C)C(=O)N[C@@H](C)c1ccc2ccccc2c1. The van der Waals surface area contributed by atoms with Crippen LogP contribution < -0.4 is 5.32 Å². The van der Waals surface area contributed by atoms with Gasteiger partial charge >= 0.3 is 0 Å². The maximum absolute atomic E-state index is 12.3. The highest BCUT2D eigenvalue weighted by molar-refractivity contribution is 7.93. The molecule has 5 heteroatoms. The van der Waals surface area contributed by atoms with E-state index in [2.05, 4.69) is 5.32 Å². The molecule has 0 aliphatic heterocycles. The first kappa shape index (κ1) is 17.5. The van der Waals surface area contributed by atoms with Gasteiger partial charge in [0, 0.05) is 0 Å². The van der Waals surface area contributed by atoms with Crippen LogP contribution >= 0.6 is 0 Å². The molecule has 0 saturated heterocycles. The van der Waals surface area contributed by atoms with Crippen LogP contribution in [0.25, 0.3) is 10.8 Å². The molecule has 2 aromatic carbocycles. The van der Waals surface area contributed by atoms with Gasteiger partial charge < -0.3 is 5.32 Å². The number of hydrogen-bond acceptors (Lipinski definition) is 3. The highest BCUT2D eigenvalue weighted by atomic mass is 32.2. The smallest absolute Gasteiger partial charge is 0.238 e. The van der Waals surface area contributed by atoms with Gasteiger partial charge in [0.1, 0.15) is 5.25 Å². The van der Waals surface area contributed by atoms with E-state index in [0.29, 0.717) is 0 Å². The lowest BCUT2D eigenvalue weighted by Crippen LogP contribution is -2.41. The number of sulfone groups is 1. The number of carbonyl (C=O) groups is 1. The summed E-state index contributed by atoms with van der Waals surface area (Å²) in [5, 5.41) is 3.40. The second-order valence-electron chi connectivity index (χ2n) is 6.12. The third-order valence-corrected chi connectivity index (χ3v) is 6.67. The third-order valence-electron chi connectivity index (χ3n) is 4.15. The summed E-state index contributed by atoms with van der Waals surface area (Å²) in [4.78, 5) is 12.3. The Kier molecular flexibility index (Phi) is 5.09. The summed E-state index contributed by atoms with van der Waals surface area (Å²) in [6.07, 6.45) is 0. The number of amides is 1. The van der Waals surface area contributed by atoms with Crippen molar-refractivity contribution in [2.24, 2.45) is 0 Å². The van der Waals surface area contributed by atoms with Gasteiger partial charge in [0.2, 0.25) is 5.91 Å². The van der Waals surface area contributed by atoms with Crippen LogP contribution in [0.4, 0.5) is 0 Å². The monoisotopic (exact) mass is 333 g/mol. The second kappa shape index (κ2) is 6.71. The Hall–Kier alpha value is -1.88. The van der Waals surface area contributed by atoms with Crippen molar-refractivity contribution < 1.29 is 13.2 Å². The molecule has 2 atom stereocenters. The first-order chi connectivity index (χ1) is 10.7. The Morgan fingerprint density at radius 3 is 2.17 bits per heavy atom. The number of nitrogens with one attached hydrogen (secondary N) is 1. The molecule has 0 radical (unpaired) electrons. The van der Waals surface area contributed by atoms with Crippen molar-refractivity contribution in [3.8, 4) is 0 Å². The summed E-state index contributed by atoms with van der Waals surface area (Å²) in [5.74, 6) is -0.459. The molecule has 4 nitrogen and oxygen atoms in total. The van der Waals surface area contributed by atoms with Gasteiger partial charge in [-0.2, -0.15) is 0 Å². The minimum absolute atomic E-state index is 0.253. The minimum Gasteiger partial charge on any atom is -0.348 e. The molecule has 0 aromatic heterocycles. The fraction of sp³-hybridized carbons (Fsp3) is 0.389. The van der Waals surface area contributed by atoms with E-state index in [4.69, 9.17) is 0 Å². The highest BCUT2D eigenvalue weighted by Gasteiger charge is 2.31. The standard InChI is InChI=1S/C18H23NO3S/c1-12(2)23(21,22)14(4)18(20)19-13(3)16-10-9-15-7-5-6-8-17(15)11-16/h5-14H,1-4H3,(H,19,20)/t13-,14-/m0/s1. The maximum Gasteiger partial charge on any atom is 0.238 e. The van der Waals surface area contributed by atoms with Gasteiger partial charge in [-0.05, 0) is 50.1 Å². The number of fused-ring (bicyclic) bond motifs is 1. The van der Waals surface area contributed by atoms with Crippen LogP contribution in [0.2, 0.25) is 0 Å². The van der Waals surface area contributed by atoms with Crippen molar-refractivity contribution in [2.45, 2.75) is 44.2 Å². The quantitative estimate of drug-likeness (QED) is 0.914. The lowest BCUT2D eigenvalue weighted by Gasteiger charge is -2.20. The molecule has 2 rings (SSSR count). The molecule has 0 heterocycles. The van der Waals surface area contributed by atoms with Crippen LogP contribution in [0.3, 0.4) is 0 Å². The Balaban J connectivity index is 2.17. The molecule has 0 fully saturated rings. The summed E-state index contributed by atoms with van der Waals surface area (Å²) in [7, 11) is -3.45. The average molecular weight is 333 g/mol. The van der Waals surface area contributed by atoms with Gasteiger partial charge in [-0.15, -0.1) is 0 Å². The van der Waals surface area contributed by atoms with Crippen LogP contribution in [-0.4, -0.2) is 24.8 Å². The van der Waals surface area contributed by atoms with Crippen molar-refractivity contribution in [1.29, 1.82) is 0 Å². The average Bonchev–Trinajstić information content (AvgIpc) is 2.53. The lowest BCUT2D eigenvalue weighted by atomic mass is 10.0. The van der Waals surface area contributed by atoms with Gasteiger partial charge in [-0.25, -0.2) is 8.42 Å². The highest BCUT2D eigenvalue weighted by Crippen LogP contribution is 2.21. The Morgan fingerprint density at radius 2 is 1.57 bits per heavy atom. The second-order valence-corrected chi connectivity index (χ2v) is 8.94. The third kappa shape index (κ3) is 3.72. The van der Waals surface area contributed by atoms with E-state index in [1.807, 2.05) is 49.4 Å². The molecule has 2 aromatic rings. The lowest BCUT2D eigenvalue weighted by molar-refractivity contribution is -0.121. The van der Waals surface area contributed by atoms with E-state index in [1.54, 1.807) is 13.8 Å². The fourth-order valence-corrected chi connectivity index (χ4v) is 3.63. The van der Waals surface area contributed by atoms with E-state index >= 15 is 0 Å². The summed E-state index contributed by atoms with van der Waals surface area (Å²) in [5.41, 5.74) is 0.950. The Morgan fingerprint density at radius 1 is 0.957 bits per heavy atom. The molecule has 1 N–H and O–H groups in total. The molecule has 23 heavy (non-hydrogen) atoms. The molecule has 0 spiro atoms. The number of benzene rings is 2. The van der Waals surface area contributed by atoms with Crippen LogP contribution in [0, 0.1) is 0 Å². The first-order valence-electron chi connectivity index (χ1n) is 7.75. The molecule has 124 valence electrons. The molecule has 0 aliphatic carbocycles. The van der Waals surface area contributed by atoms with Crippen molar-refractivity contribution in [2.75, 3.05) is 0 Å². The summed E-state index contributed by atoms with van der Waals surface area (Å²) in [6.45, 7) is 6.48. The fourth-order valence-electron chi connectivity index (χ4n) is 2.45. The largest absolute Gasteiger partial charge is 0.348 e. The van der Waals surface area contributed by atoms with Crippen LogP contribution in [0.1, 0.15) is 39.3 Å². The van der Waals surface area contributed by atoms with Gasteiger partial charge in [-0.1, -0.05) is 36.4 Å². The zero-order valence-corrected chi connectivity index (χ0v) is 14.7. The van der Waals surface area contributed by atoms with Crippen LogP contribution in [-0.2, 0) is 14.6 Å². The molecule has 0 unspecified atom stereocenters. The number of carbonyl (C=O) groups excluding carboxylic acids is 1. The van der Waals surface area contributed by atoms with E-state index in [1.165, 1.54) is 6.92 Å². The molecule has 0 bridgehead atoms. The van der Waals surface area contributed by atoms with E-state index < -0.39 is 26.2 Å². The normalized spacial score (nSPS) is 14.7. The van der Waals surface area contributed by atoms with Crippen LogP contribution in [0.5, 0.6) is 0 Å². The summed E-state index contributed by atoms with van der Waals surface area (Å²) >= 11 is 0. The molecular weight excluding hydrogens is 310 g/mol. The number of rotatable bonds is 5. The van der Waals surface area contributed by atoms with Crippen molar-refractivity contribution in [3.05, 3.63) is 48.0 Å². The first-order valence-corrected chi connectivity index (χ1v) is 9.36. The van der Waals surface area contributed by atoms with Gasteiger partial charge in [0.05, 0.1) is 11.3 Å². The topological polar surface area (TPSA) is 63.2 Å². The van der Waals surface area contributed by atoms with Gasteiger partial charge in [-0.3, -0.25) is 4.79 Å². The van der Waals surface area contributed by atoms with Crippen LogP contribution in [0.15, 0.2) is 42.5 Å². The zero-order chi connectivity index (χ0) is 17.2. The van der Waals surface area contributed by atoms with Gasteiger partial charge in [0.25, 0.3) is 0 Å². The predicted molar refractivity (Wildman–Crippen MR) is 94.0 cm³/mol. The van der Waals surface area contributed by atoms with E-state index in [0.717, 1.165) is 16.3 Å². The van der Waals surface area contributed by atoms with E-state index in [-0.39, 0.29) is 6.04 Å². The molecule has 0 saturated carbocycles. The summed E-state index contributed by atoms with van der Waals surface area (Å²) < 4.78 is 24.2. The zero-order valence-electron chi connectivity index (χ0n) is 13.9. The Labute approximate surface area is 137 Å². The van der Waals surface area contributed by atoms with Crippen molar-refractivity contribution >= 4 is 26.5 Å². The predicted octanol–water partition coefficient (Wildman–Crippen LogP) is 3.23. The molecule has 0 aliphatic rings. The van der Waals surface area contributed by atoms with E-state index in [9.17, 15) is 13.2 Å². The molecule has 1 amide bonds.